The van der Waals surface area contributed by atoms with Crippen molar-refractivity contribution in [2.75, 3.05) is 0 Å². The molecule has 0 unspecified atom stereocenters. The van der Waals surface area contributed by atoms with Crippen LogP contribution in [0.4, 0.5) is 0 Å². The normalized spacial score (nSPS) is 10.8. The lowest BCUT2D eigenvalue weighted by molar-refractivity contribution is 0.494. The highest BCUT2D eigenvalue weighted by Crippen LogP contribution is 2.12. The molecule has 0 aliphatic rings. The number of thiocarbonyl (C=S) groups is 1. The fourth-order valence-corrected chi connectivity index (χ4v) is 1.94. The highest BCUT2D eigenvalue weighted by molar-refractivity contribution is 7.80. The lowest BCUT2D eigenvalue weighted by atomic mass is 10.2. The molecule has 0 aliphatic heterocycles. The quantitative estimate of drug-likeness (QED) is 0.651. The summed E-state index contributed by atoms with van der Waals surface area (Å²) in [5.41, 5.74) is 6.89. The highest BCUT2D eigenvalue weighted by atomic mass is 32.1. The predicted octanol–water partition coefficient (Wildman–Crippen LogP) is 2.05. The van der Waals surface area contributed by atoms with Gasteiger partial charge < -0.3 is 10.2 Å². The number of oxazole rings is 1. The lowest BCUT2D eigenvalue weighted by Crippen LogP contribution is -2.14. The zero-order valence-corrected chi connectivity index (χ0v) is 10.2. The van der Waals surface area contributed by atoms with Gasteiger partial charge in [-0.1, -0.05) is 24.4 Å². The van der Waals surface area contributed by atoms with E-state index < -0.39 is 0 Å². The third-order valence-electron chi connectivity index (χ3n) is 2.63. The highest BCUT2D eigenvalue weighted by Gasteiger charge is 2.07. The summed E-state index contributed by atoms with van der Waals surface area (Å²) < 4.78 is 6.78. The molecule has 0 amide bonds. The number of aromatic nitrogens is 1. The van der Waals surface area contributed by atoms with E-state index in [0.717, 1.165) is 24.8 Å². The number of para-hydroxylation sites is 2. The maximum atomic E-state index is 11.6. The van der Waals surface area contributed by atoms with Crippen LogP contribution in [0.25, 0.3) is 11.1 Å². The van der Waals surface area contributed by atoms with Gasteiger partial charge in [-0.2, -0.15) is 0 Å². The largest absolute Gasteiger partial charge is 0.419 e. The summed E-state index contributed by atoms with van der Waals surface area (Å²) in [6.07, 6.45) is 2.47. The van der Waals surface area contributed by atoms with Crippen LogP contribution in [0.3, 0.4) is 0 Å². The number of benzene rings is 1. The van der Waals surface area contributed by atoms with Gasteiger partial charge in [-0.15, -0.1) is 0 Å². The molecule has 2 N–H and O–H groups in total. The van der Waals surface area contributed by atoms with E-state index in [-0.39, 0.29) is 5.76 Å². The Morgan fingerprint density at radius 1 is 1.35 bits per heavy atom. The van der Waals surface area contributed by atoms with Crippen molar-refractivity contribution in [1.82, 2.24) is 4.57 Å². The molecular formula is C12H14N2O2S. The number of unbranched alkanes of at least 4 members (excludes halogenated alkanes) is 1. The van der Waals surface area contributed by atoms with E-state index >= 15 is 0 Å². The fourth-order valence-electron chi connectivity index (χ4n) is 1.79. The second-order valence-electron chi connectivity index (χ2n) is 3.91. The summed E-state index contributed by atoms with van der Waals surface area (Å²) in [4.78, 5) is 12.1. The van der Waals surface area contributed by atoms with Gasteiger partial charge in [0.05, 0.1) is 10.5 Å². The molecule has 4 nitrogen and oxygen atoms in total. The van der Waals surface area contributed by atoms with Crippen LogP contribution in [-0.4, -0.2) is 9.56 Å². The number of rotatable bonds is 5. The molecule has 17 heavy (non-hydrogen) atoms. The summed E-state index contributed by atoms with van der Waals surface area (Å²) in [6.45, 7) is 0.637. The molecule has 0 radical (unpaired) electrons. The van der Waals surface area contributed by atoms with Gasteiger partial charge in [-0.25, -0.2) is 4.79 Å². The Morgan fingerprint density at radius 3 is 2.88 bits per heavy atom. The van der Waals surface area contributed by atoms with Gasteiger partial charge in [0.1, 0.15) is 0 Å². The molecule has 0 aliphatic carbocycles. The van der Waals surface area contributed by atoms with Crippen LogP contribution in [0.5, 0.6) is 0 Å². The molecule has 0 saturated carbocycles. The maximum Gasteiger partial charge on any atom is 0.419 e. The molecule has 0 atom stereocenters. The Balaban J connectivity index is 2.10. The van der Waals surface area contributed by atoms with Gasteiger partial charge in [0, 0.05) is 6.54 Å². The number of aryl methyl sites for hydroxylation is 1. The fraction of sp³-hybridized carbons (Fsp3) is 0.333. The number of hydrogen-bond acceptors (Lipinski definition) is 3. The minimum atomic E-state index is -0.304. The average molecular weight is 250 g/mol. The van der Waals surface area contributed by atoms with Gasteiger partial charge in [-0.05, 0) is 31.4 Å². The summed E-state index contributed by atoms with van der Waals surface area (Å²) in [7, 11) is 0. The van der Waals surface area contributed by atoms with Crippen molar-refractivity contribution in [3.05, 3.63) is 34.8 Å². The molecule has 5 heteroatoms. The summed E-state index contributed by atoms with van der Waals surface area (Å²) >= 11 is 4.80. The second-order valence-corrected chi connectivity index (χ2v) is 4.44. The van der Waals surface area contributed by atoms with Crippen molar-refractivity contribution in [1.29, 1.82) is 0 Å². The van der Waals surface area contributed by atoms with Crippen LogP contribution in [0.2, 0.25) is 0 Å². The molecule has 1 heterocycles. The van der Waals surface area contributed by atoms with Gasteiger partial charge in [0.15, 0.2) is 5.58 Å². The SMILES string of the molecule is NC(=S)CCCCn1c(=O)oc2ccccc21. The minimum absolute atomic E-state index is 0.304. The van der Waals surface area contributed by atoms with E-state index in [1.807, 2.05) is 18.2 Å². The van der Waals surface area contributed by atoms with E-state index in [4.69, 9.17) is 22.4 Å². The molecule has 0 bridgehead atoms. The monoisotopic (exact) mass is 250 g/mol. The third-order valence-corrected chi connectivity index (χ3v) is 2.83. The second kappa shape index (κ2) is 5.14. The molecule has 0 spiro atoms. The summed E-state index contributed by atoms with van der Waals surface area (Å²) in [5, 5.41) is 0. The standard InChI is InChI=1S/C12H14N2O2S/c13-11(17)7-3-4-8-14-9-5-1-2-6-10(9)16-12(14)15/h1-2,5-6H,3-4,7-8H2,(H2,13,17). The lowest BCUT2D eigenvalue weighted by Gasteiger charge is -2.01. The third kappa shape index (κ3) is 2.74. The zero-order valence-electron chi connectivity index (χ0n) is 9.39. The molecule has 90 valence electrons. The Kier molecular flexibility index (Phi) is 3.58. The Bertz CT molecular complexity index is 585. The van der Waals surface area contributed by atoms with Crippen LogP contribution >= 0.6 is 12.2 Å². The first-order chi connectivity index (χ1) is 8.18. The first-order valence-electron chi connectivity index (χ1n) is 5.55. The van der Waals surface area contributed by atoms with Crippen molar-refractivity contribution in [3.63, 3.8) is 0 Å². The summed E-state index contributed by atoms with van der Waals surface area (Å²) in [5.74, 6) is -0.304. The number of fused-ring (bicyclic) bond motifs is 1. The Hall–Kier alpha value is -1.62. The molecule has 0 fully saturated rings. The zero-order chi connectivity index (χ0) is 12.3. The van der Waals surface area contributed by atoms with Crippen LogP contribution in [0.15, 0.2) is 33.5 Å². The van der Waals surface area contributed by atoms with E-state index in [2.05, 4.69) is 0 Å². The predicted molar refractivity (Wildman–Crippen MR) is 71.1 cm³/mol. The van der Waals surface area contributed by atoms with Gasteiger partial charge in [0.25, 0.3) is 0 Å². The molecule has 1 aromatic carbocycles. The number of nitrogens with two attached hydrogens (primary N) is 1. The Morgan fingerprint density at radius 2 is 2.12 bits per heavy atom. The van der Waals surface area contributed by atoms with E-state index in [1.54, 1.807) is 10.6 Å². The van der Waals surface area contributed by atoms with E-state index in [0.29, 0.717) is 17.1 Å². The van der Waals surface area contributed by atoms with Crippen LogP contribution in [-0.2, 0) is 6.54 Å². The van der Waals surface area contributed by atoms with Gasteiger partial charge >= 0.3 is 5.76 Å². The first kappa shape index (κ1) is 11.9. The van der Waals surface area contributed by atoms with Gasteiger partial charge in [-0.3, -0.25) is 4.57 Å². The summed E-state index contributed by atoms with van der Waals surface area (Å²) in [6, 6.07) is 7.42. The van der Waals surface area contributed by atoms with Gasteiger partial charge in [0.2, 0.25) is 0 Å². The Labute approximate surface area is 104 Å². The van der Waals surface area contributed by atoms with Crippen molar-refractivity contribution in [2.45, 2.75) is 25.8 Å². The molecule has 1 aromatic heterocycles. The van der Waals surface area contributed by atoms with Crippen LogP contribution < -0.4 is 11.5 Å². The molecule has 0 saturated heterocycles. The van der Waals surface area contributed by atoms with E-state index in [1.165, 1.54) is 0 Å². The molecule has 2 aromatic rings. The first-order valence-corrected chi connectivity index (χ1v) is 5.96. The van der Waals surface area contributed by atoms with E-state index in [9.17, 15) is 4.79 Å². The van der Waals surface area contributed by atoms with Crippen molar-refractivity contribution in [3.8, 4) is 0 Å². The molecule has 2 rings (SSSR count). The van der Waals surface area contributed by atoms with Crippen molar-refractivity contribution in [2.24, 2.45) is 5.73 Å². The molecular weight excluding hydrogens is 236 g/mol. The van der Waals surface area contributed by atoms with Crippen molar-refractivity contribution < 1.29 is 4.42 Å². The van der Waals surface area contributed by atoms with Crippen LogP contribution in [0, 0.1) is 0 Å². The average Bonchev–Trinajstić information content (AvgIpc) is 2.60. The smallest absolute Gasteiger partial charge is 0.408 e. The maximum absolute atomic E-state index is 11.6. The number of hydrogen-bond donors (Lipinski definition) is 1. The number of nitrogens with zero attached hydrogens (tertiary/aromatic N) is 1. The minimum Gasteiger partial charge on any atom is -0.408 e. The van der Waals surface area contributed by atoms with Crippen LogP contribution in [0.1, 0.15) is 19.3 Å². The topological polar surface area (TPSA) is 61.2 Å². The van der Waals surface area contributed by atoms with Crippen molar-refractivity contribution >= 4 is 28.3 Å².